The molecule has 0 aliphatic heterocycles. The van der Waals surface area contributed by atoms with Gasteiger partial charge in [0.25, 0.3) is 11.8 Å². The molecule has 2 amide bonds. The van der Waals surface area contributed by atoms with Crippen molar-refractivity contribution in [3.8, 4) is 0 Å². The molecule has 26 heavy (non-hydrogen) atoms. The molecule has 0 saturated heterocycles. The minimum atomic E-state index is -0.241. The highest BCUT2D eigenvalue weighted by molar-refractivity contribution is 6.06. The van der Waals surface area contributed by atoms with Crippen LogP contribution in [-0.2, 0) is 6.42 Å². The van der Waals surface area contributed by atoms with Gasteiger partial charge >= 0.3 is 0 Å². The molecule has 0 saturated carbocycles. The molecule has 3 rings (SSSR count). The van der Waals surface area contributed by atoms with Crippen molar-refractivity contribution in [1.82, 2.24) is 5.32 Å². The summed E-state index contributed by atoms with van der Waals surface area (Å²) >= 11 is 0. The number of amides is 2. The van der Waals surface area contributed by atoms with Gasteiger partial charge in [-0.05, 0) is 42.3 Å². The summed E-state index contributed by atoms with van der Waals surface area (Å²) in [6.45, 7) is 0.545. The van der Waals surface area contributed by atoms with Gasteiger partial charge in [-0.1, -0.05) is 54.6 Å². The van der Waals surface area contributed by atoms with E-state index in [9.17, 15) is 9.59 Å². The van der Waals surface area contributed by atoms with Gasteiger partial charge < -0.3 is 10.6 Å². The van der Waals surface area contributed by atoms with E-state index in [0.29, 0.717) is 17.7 Å². The van der Waals surface area contributed by atoms with Crippen LogP contribution in [0.5, 0.6) is 0 Å². The highest BCUT2D eigenvalue weighted by atomic mass is 16.2. The fourth-order valence-corrected chi connectivity index (χ4v) is 2.59. The first-order chi connectivity index (χ1) is 12.7. The second-order valence-corrected chi connectivity index (χ2v) is 5.89. The van der Waals surface area contributed by atoms with Crippen LogP contribution in [0.25, 0.3) is 0 Å². The first-order valence-electron chi connectivity index (χ1n) is 8.51. The molecule has 4 heteroatoms. The Hall–Kier alpha value is -3.40. The molecule has 0 aliphatic rings. The summed E-state index contributed by atoms with van der Waals surface area (Å²) in [7, 11) is 0. The van der Waals surface area contributed by atoms with E-state index >= 15 is 0 Å². The fourth-order valence-electron chi connectivity index (χ4n) is 2.59. The lowest BCUT2D eigenvalue weighted by Gasteiger charge is -2.08. The Morgan fingerprint density at radius 3 is 2.00 bits per heavy atom. The highest BCUT2D eigenvalue weighted by Crippen LogP contribution is 2.10. The Kier molecular flexibility index (Phi) is 5.78. The van der Waals surface area contributed by atoms with E-state index in [2.05, 4.69) is 10.6 Å². The second-order valence-electron chi connectivity index (χ2n) is 5.89. The van der Waals surface area contributed by atoms with Gasteiger partial charge in [0.05, 0.1) is 0 Å². The topological polar surface area (TPSA) is 58.2 Å². The van der Waals surface area contributed by atoms with Crippen LogP contribution in [-0.4, -0.2) is 18.4 Å². The summed E-state index contributed by atoms with van der Waals surface area (Å²) in [5.41, 5.74) is 2.81. The molecule has 0 atom stereocenters. The lowest BCUT2D eigenvalue weighted by molar-refractivity contribution is 0.0954. The van der Waals surface area contributed by atoms with E-state index in [0.717, 1.165) is 12.1 Å². The van der Waals surface area contributed by atoms with Crippen LogP contribution < -0.4 is 10.6 Å². The number of anilines is 1. The van der Waals surface area contributed by atoms with Crippen LogP contribution in [0.2, 0.25) is 0 Å². The molecule has 0 spiro atoms. The summed E-state index contributed by atoms with van der Waals surface area (Å²) in [4.78, 5) is 24.7. The average Bonchev–Trinajstić information content (AvgIpc) is 2.69. The molecule has 3 aromatic carbocycles. The molecule has 4 nitrogen and oxygen atoms in total. The molecule has 0 bridgehead atoms. The lowest BCUT2D eigenvalue weighted by Crippen LogP contribution is -2.26. The first kappa shape index (κ1) is 17.4. The van der Waals surface area contributed by atoms with Crippen molar-refractivity contribution in [3.05, 3.63) is 102 Å². The fraction of sp³-hybridized carbons (Fsp3) is 0.0909. The molecular formula is C22H20N2O2. The van der Waals surface area contributed by atoms with Crippen LogP contribution in [0.3, 0.4) is 0 Å². The highest BCUT2D eigenvalue weighted by Gasteiger charge is 2.10. The Balaban J connectivity index is 1.59. The largest absolute Gasteiger partial charge is 0.352 e. The number of benzene rings is 3. The minimum absolute atomic E-state index is 0.185. The van der Waals surface area contributed by atoms with Crippen molar-refractivity contribution in [2.45, 2.75) is 6.42 Å². The van der Waals surface area contributed by atoms with E-state index in [4.69, 9.17) is 0 Å². The van der Waals surface area contributed by atoms with Crippen molar-refractivity contribution in [1.29, 1.82) is 0 Å². The third kappa shape index (κ3) is 4.80. The zero-order valence-corrected chi connectivity index (χ0v) is 14.3. The van der Waals surface area contributed by atoms with Gasteiger partial charge in [0.2, 0.25) is 0 Å². The predicted octanol–water partition coefficient (Wildman–Crippen LogP) is 3.91. The summed E-state index contributed by atoms with van der Waals surface area (Å²) in [5.74, 6) is -0.426. The Labute approximate surface area is 152 Å². The summed E-state index contributed by atoms with van der Waals surface area (Å²) in [6, 6.07) is 25.9. The quantitative estimate of drug-likeness (QED) is 0.712. The van der Waals surface area contributed by atoms with Gasteiger partial charge in [-0.15, -0.1) is 0 Å². The van der Waals surface area contributed by atoms with Crippen molar-refractivity contribution < 1.29 is 9.59 Å². The molecule has 2 N–H and O–H groups in total. The van der Waals surface area contributed by atoms with Crippen molar-refractivity contribution in [2.75, 3.05) is 11.9 Å². The van der Waals surface area contributed by atoms with Crippen LogP contribution in [0.1, 0.15) is 26.3 Å². The SMILES string of the molecule is O=C(NCCc1ccccc1)c1cccc(C(=O)Nc2ccccc2)c1. The summed E-state index contributed by atoms with van der Waals surface area (Å²) in [6.07, 6.45) is 0.765. The van der Waals surface area contributed by atoms with Crippen LogP contribution in [0.15, 0.2) is 84.9 Å². The van der Waals surface area contributed by atoms with Gasteiger partial charge in [-0.25, -0.2) is 0 Å². The standard InChI is InChI=1S/C22H20N2O2/c25-21(23-15-14-17-8-3-1-4-9-17)18-10-7-11-19(16-18)22(26)24-20-12-5-2-6-13-20/h1-13,16H,14-15H2,(H,23,25)(H,24,26). The summed E-state index contributed by atoms with van der Waals surface area (Å²) < 4.78 is 0. The molecule has 0 radical (unpaired) electrons. The first-order valence-corrected chi connectivity index (χ1v) is 8.51. The van der Waals surface area contributed by atoms with Crippen molar-refractivity contribution in [3.63, 3.8) is 0 Å². The zero-order valence-electron chi connectivity index (χ0n) is 14.3. The Morgan fingerprint density at radius 1 is 0.692 bits per heavy atom. The average molecular weight is 344 g/mol. The van der Waals surface area contributed by atoms with E-state index in [1.807, 2.05) is 60.7 Å². The second kappa shape index (κ2) is 8.62. The van der Waals surface area contributed by atoms with Crippen LogP contribution in [0, 0.1) is 0 Å². The van der Waals surface area contributed by atoms with E-state index in [-0.39, 0.29) is 11.8 Å². The van der Waals surface area contributed by atoms with Gasteiger partial charge in [-0.2, -0.15) is 0 Å². The number of hydrogen-bond acceptors (Lipinski definition) is 2. The predicted molar refractivity (Wildman–Crippen MR) is 103 cm³/mol. The summed E-state index contributed by atoms with van der Waals surface area (Å²) in [5, 5.41) is 5.71. The molecular weight excluding hydrogens is 324 g/mol. The van der Waals surface area contributed by atoms with Gasteiger partial charge in [0, 0.05) is 23.4 Å². The lowest BCUT2D eigenvalue weighted by atomic mass is 10.1. The number of nitrogens with one attached hydrogen (secondary N) is 2. The van der Waals surface area contributed by atoms with Crippen LogP contribution in [0.4, 0.5) is 5.69 Å². The minimum Gasteiger partial charge on any atom is -0.352 e. The Morgan fingerprint density at radius 2 is 1.31 bits per heavy atom. The molecule has 0 fully saturated rings. The molecule has 130 valence electrons. The normalized spacial score (nSPS) is 10.2. The molecule has 3 aromatic rings. The van der Waals surface area contributed by atoms with E-state index < -0.39 is 0 Å². The molecule has 0 aromatic heterocycles. The number of carbonyl (C=O) groups is 2. The zero-order chi connectivity index (χ0) is 18.2. The van der Waals surface area contributed by atoms with Crippen LogP contribution >= 0.6 is 0 Å². The maximum absolute atomic E-state index is 12.3. The van der Waals surface area contributed by atoms with E-state index in [1.165, 1.54) is 5.56 Å². The van der Waals surface area contributed by atoms with Gasteiger partial charge in [-0.3, -0.25) is 9.59 Å². The van der Waals surface area contributed by atoms with Gasteiger partial charge in [0.15, 0.2) is 0 Å². The third-order valence-corrected chi connectivity index (χ3v) is 3.96. The molecule has 0 unspecified atom stereocenters. The number of hydrogen-bond donors (Lipinski definition) is 2. The van der Waals surface area contributed by atoms with E-state index in [1.54, 1.807) is 24.3 Å². The number of rotatable bonds is 6. The Bertz CT molecular complexity index is 877. The monoisotopic (exact) mass is 344 g/mol. The molecule has 0 aliphatic carbocycles. The number of carbonyl (C=O) groups excluding carboxylic acids is 2. The van der Waals surface area contributed by atoms with Crippen molar-refractivity contribution in [2.24, 2.45) is 0 Å². The smallest absolute Gasteiger partial charge is 0.255 e. The molecule has 0 heterocycles. The third-order valence-electron chi connectivity index (χ3n) is 3.96. The maximum Gasteiger partial charge on any atom is 0.255 e. The van der Waals surface area contributed by atoms with Crippen molar-refractivity contribution >= 4 is 17.5 Å². The van der Waals surface area contributed by atoms with Gasteiger partial charge in [0.1, 0.15) is 0 Å². The number of para-hydroxylation sites is 1. The maximum atomic E-state index is 12.3.